The summed E-state index contributed by atoms with van der Waals surface area (Å²) in [5.41, 5.74) is 4.01. The van der Waals surface area contributed by atoms with E-state index in [9.17, 15) is 9.90 Å². The van der Waals surface area contributed by atoms with Gasteiger partial charge in [-0.1, -0.05) is 42.5 Å². The molecule has 6 heteroatoms. The van der Waals surface area contributed by atoms with Crippen molar-refractivity contribution < 1.29 is 9.90 Å². The van der Waals surface area contributed by atoms with Crippen molar-refractivity contribution in [3.63, 3.8) is 0 Å². The Hall–Kier alpha value is -2.54. The summed E-state index contributed by atoms with van der Waals surface area (Å²) < 4.78 is 0. The van der Waals surface area contributed by atoms with E-state index < -0.39 is 6.10 Å². The van der Waals surface area contributed by atoms with Crippen LogP contribution in [0.2, 0.25) is 0 Å². The predicted octanol–water partition coefficient (Wildman–Crippen LogP) is 4.91. The summed E-state index contributed by atoms with van der Waals surface area (Å²) in [4.78, 5) is 18.8. The molecule has 0 bridgehead atoms. The van der Waals surface area contributed by atoms with Gasteiger partial charge >= 0.3 is 0 Å². The smallest absolute Gasteiger partial charge is 0.233 e. The van der Waals surface area contributed by atoms with Crippen molar-refractivity contribution in [2.75, 3.05) is 5.32 Å². The van der Waals surface area contributed by atoms with E-state index in [1.807, 2.05) is 49.4 Å². The molecule has 5 nitrogen and oxygen atoms in total. The molecule has 1 aromatic heterocycles. The Kier molecular flexibility index (Phi) is 6.58. The number of amides is 1. The summed E-state index contributed by atoms with van der Waals surface area (Å²) in [7, 11) is 0. The van der Waals surface area contributed by atoms with Gasteiger partial charge in [-0.15, -0.1) is 11.3 Å². The summed E-state index contributed by atoms with van der Waals surface area (Å²) in [5, 5.41) is 18.4. The molecule has 4 atom stereocenters. The molecule has 1 aliphatic carbocycles. The van der Waals surface area contributed by atoms with Crippen LogP contribution in [0, 0.1) is 6.92 Å². The van der Waals surface area contributed by atoms with Gasteiger partial charge in [0.1, 0.15) is 0 Å². The molecule has 1 saturated heterocycles. The molecule has 1 amide bonds. The van der Waals surface area contributed by atoms with Crippen molar-refractivity contribution >= 4 is 22.9 Å². The first-order chi connectivity index (χ1) is 16.1. The third-order valence-corrected chi connectivity index (χ3v) is 7.93. The lowest BCUT2D eigenvalue weighted by atomic mass is 9.90. The fourth-order valence-corrected chi connectivity index (χ4v) is 6.22. The van der Waals surface area contributed by atoms with Crippen molar-refractivity contribution in [2.24, 2.45) is 0 Å². The minimum atomic E-state index is -0.476. The van der Waals surface area contributed by atoms with Gasteiger partial charge in [-0.25, -0.2) is 4.98 Å². The number of carbonyl (C=O) groups is 1. The van der Waals surface area contributed by atoms with Gasteiger partial charge in [-0.05, 0) is 68.7 Å². The number of aliphatic hydroxyl groups is 1. The van der Waals surface area contributed by atoms with E-state index >= 15 is 0 Å². The van der Waals surface area contributed by atoms with Crippen LogP contribution >= 0.6 is 11.3 Å². The number of nitrogens with zero attached hydrogens (tertiary/aromatic N) is 1. The molecule has 2 aromatic carbocycles. The van der Waals surface area contributed by atoms with Crippen LogP contribution in [0.4, 0.5) is 5.69 Å². The molecule has 1 aliphatic heterocycles. The van der Waals surface area contributed by atoms with E-state index in [-0.39, 0.29) is 17.9 Å². The monoisotopic (exact) mass is 461 g/mol. The van der Waals surface area contributed by atoms with E-state index in [1.54, 1.807) is 11.3 Å². The van der Waals surface area contributed by atoms with Crippen molar-refractivity contribution in [2.45, 2.75) is 69.6 Å². The highest BCUT2D eigenvalue weighted by molar-refractivity contribution is 7.11. The summed E-state index contributed by atoms with van der Waals surface area (Å²) in [5.74, 6) is -0.0989. The highest BCUT2D eigenvalue weighted by atomic mass is 32.1. The van der Waals surface area contributed by atoms with Crippen molar-refractivity contribution in [1.82, 2.24) is 10.3 Å². The number of hydrogen-bond acceptors (Lipinski definition) is 5. The molecule has 0 spiro atoms. The average molecular weight is 462 g/mol. The largest absolute Gasteiger partial charge is 0.387 e. The number of thiazole rings is 1. The van der Waals surface area contributed by atoms with Gasteiger partial charge in [0, 0.05) is 22.6 Å². The maximum absolute atomic E-state index is 12.9. The van der Waals surface area contributed by atoms with E-state index in [0.29, 0.717) is 6.04 Å². The van der Waals surface area contributed by atoms with Gasteiger partial charge in [0.05, 0.1) is 22.7 Å². The number of nitrogens with one attached hydrogen (secondary N) is 2. The lowest BCUT2D eigenvalue weighted by Crippen LogP contribution is -2.35. The highest BCUT2D eigenvalue weighted by Crippen LogP contribution is 2.35. The van der Waals surface area contributed by atoms with Crippen LogP contribution in [-0.2, 0) is 17.6 Å². The first-order valence-electron chi connectivity index (χ1n) is 11.9. The van der Waals surface area contributed by atoms with Crippen LogP contribution in [0.1, 0.15) is 64.4 Å². The maximum Gasteiger partial charge on any atom is 0.233 e. The Morgan fingerprint density at radius 2 is 1.94 bits per heavy atom. The number of aromatic nitrogens is 1. The minimum absolute atomic E-state index is 0.0456. The van der Waals surface area contributed by atoms with Gasteiger partial charge in [-0.3, -0.25) is 4.79 Å². The molecule has 0 saturated carbocycles. The topological polar surface area (TPSA) is 74.2 Å². The zero-order valence-corrected chi connectivity index (χ0v) is 19.8. The van der Waals surface area contributed by atoms with Gasteiger partial charge in [0.2, 0.25) is 5.91 Å². The third kappa shape index (κ3) is 5.03. The van der Waals surface area contributed by atoms with Gasteiger partial charge in [-0.2, -0.15) is 0 Å². The fraction of sp³-hybridized carbons (Fsp3) is 0.407. The molecule has 3 N–H and O–H groups in total. The van der Waals surface area contributed by atoms with Crippen molar-refractivity contribution in [1.29, 1.82) is 0 Å². The summed E-state index contributed by atoms with van der Waals surface area (Å²) >= 11 is 1.72. The standard InChI is InChI=1S/C27H31N3O2S/c1-17-28-25-22(8-5-9-24(25)33-17)27(32)30-20-12-10-18(11-13-20)16-21-14-15-23(29-21)26(31)19-6-3-2-4-7-19/h2-4,6-7,10-13,21-23,26,29,31H,5,8-9,14-16H2,1H3,(H,30,32)/t21-,22?,23+,26+/m0/s1. The molecule has 3 aromatic rings. The number of aliphatic hydroxyl groups excluding tert-OH is 1. The SMILES string of the molecule is Cc1nc2c(s1)CCCC2C(=O)Nc1ccc(C[C@@H]2CC[C@H]([C@H](O)c3ccccc3)N2)cc1. The number of benzene rings is 2. The van der Waals surface area contributed by atoms with Gasteiger partial charge in [0.25, 0.3) is 0 Å². The summed E-state index contributed by atoms with van der Waals surface area (Å²) in [6, 6.07) is 18.5. The van der Waals surface area contributed by atoms with Crippen LogP contribution in [-0.4, -0.2) is 28.1 Å². The molecule has 2 aliphatic rings. The van der Waals surface area contributed by atoms with Crippen molar-refractivity contribution in [3.8, 4) is 0 Å². The Balaban J connectivity index is 1.16. The molecular weight excluding hydrogens is 430 g/mol. The molecule has 5 rings (SSSR count). The third-order valence-electron chi connectivity index (χ3n) is 6.88. The van der Waals surface area contributed by atoms with Gasteiger partial charge in [0.15, 0.2) is 0 Å². The maximum atomic E-state index is 12.9. The number of aryl methyl sites for hydroxylation is 2. The molecule has 33 heavy (non-hydrogen) atoms. The number of fused-ring (bicyclic) bond motifs is 1. The molecule has 1 fully saturated rings. The number of hydrogen-bond donors (Lipinski definition) is 3. The lowest BCUT2D eigenvalue weighted by Gasteiger charge is -2.21. The Bertz CT molecular complexity index is 1100. The Labute approximate surface area is 199 Å². The zero-order valence-electron chi connectivity index (χ0n) is 19.0. The second-order valence-corrected chi connectivity index (χ2v) is 10.6. The van der Waals surface area contributed by atoms with Crippen LogP contribution in [0.15, 0.2) is 54.6 Å². The Morgan fingerprint density at radius 3 is 2.73 bits per heavy atom. The Morgan fingerprint density at radius 1 is 1.15 bits per heavy atom. The fourth-order valence-electron chi connectivity index (χ4n) is 5.18. The number of rotatable bonds is 6. The van der Waals surface area contributed by atoms with E-state index in [2.05, 4.69) is 27.8 Å². The van der Waals surface area contributed by atoms with Crippen LogP contribution in [0.25, 0.3) is 0 Å². The quantitative estimate of drug-likeness (QED) is 0.488. The number of anilines is 1. The van der Waals surface area contributed by atoms with Gasteiger partial charge < -0.3 is 15.7 Å². The second kappa shape index (κ2) is 9.75. The molecule has 1 unspecified atom stereocenters. The van der Waals surface area contributed by atoms with Crippen LogP contribution < -0.4 is 10.6 Å². The highest BCUT2D eigenvalue weighted by Gasteiger charge is 2.31. The van der Waals surface area contributed by atoms with Crippen LogP contribution in [0.3, 0.4) is 0 Å². The predicted molar refractivity (Wildman–Crippen MR) is 133 cm³/mol. The first kappa shape index (κ1) is 22.3. The normalized spacial score (nSPS) is 23.2. The van der Waals surface area contributed by atoms with Crippen LogP contribution in [0.5, 0.6) is 0 Å². The molecule has 2 heterocycles. The number of carbonyl (C=O) groups excluding carboxylic acids is 1. The molecule has 0 radical (unpaired) electrons. The van der Waals surface area contributed by atoms with Crippen molar-refractivity contribution in [3.05, 3.63) is 81.3 Å². The molecular formula is C27H31N3O2S. The zero-order chi connectivity index (χ0) is 22.8. The first-order valence-corrected chi connectivity index (χ1v) is 12.7. The van der Waals surface area contributed by atoms with E-state index in [4.69, 9.17) is 0 Å². The average Bonchev–Trinajstić information content (AvgIpc) is 3.45. The molecule has 172 valence electrons. The van der Waals surface area contributed by atoms with E-state index in [0.717, 1.165) is 60.5 Å². The lowest BCUT2D eigenvalue weighted by molar-refractivity contribution is -0.117. The second-order valence-electron chi connectivity index (χ2n) is 9.28. The van der Waals surface area contributed by atoms with E-state index in [1.165, 1.54) is 10.4 Å². The minimum Gasteiger partial charge on any atom is -0.387 e. The summed E-state index contributed by atoms with van der Waals surface area (Å²) in [6.07, 6.45) is 5.39. The summed E-state index contributed by atoms with van der Waals surface area (Å²) in [6.45, 7) is 2.01.